The molecule has 4 nitrogen and oxygen atoms in total. The number of rotatable bonds is 3. The summed E-state index contributed by atoms with van der Waals surface area (Å²) in [6.07, 6.45) is 0. The van der Waals surface area contributed by atoms with Gasteiger partial charge in [-0.2, -0.15) is 0 Å². The molecule has 0 fully saturated rings. The number of hydrogen-bond donors (Lipinski definition) is 1. The van der Waals surface area contributed by atoms with Gasteiger partial charge in [0.25, 0.3) is 0 Å². The highest BCUT2D eigenvalue weighted by molar-refractivity contribution is 7.92. The number of sulfone groups is 1. The molecule has 2 rings (SSSR count). The summed E-state index contributed by atoms with van der Waals surface area (Å²) < 4.78 is 23.8. The molecule has 112 valence electrons. The topological polar surface area (TPSA) is 49.4 Å². The van der Waals surface area contributed by atoms with E-state index < -0.39 is 14.6 Å². The second-order valence-electron chi connectivity index (χ2n) is 6.22. The Bertz CT molecular complexity index is 561. The Morgan fingerprint density at radius 3 is 2.65 bits per heavy atom. The van der Waals surface area contributed by atoms with Crippen LogP contribution in [0.1, 0.15) is 26.3 Å². The van der Waals surface area contributed by atoms with Crippen molar-refractivity contribution in [3.05, 3.63) is 29.8 Å². The molecule has 0 aliphatic carbocycles. The number of hydrogen-bond acceptors (Lipinski definition) is 4. The lowest BCUT2D eigenvalue weighted by molar-refractivity contribution is 0.558. The second-order valence-corrected chi connectivity index (χ2v) is 9.09. The molecule has 0 spiro atoms. The van der Waals surface area contributed by atoms with Crippen molar-refractivity contribution in [2.75, 3.05) is 30.3 Å². The maximum Gasteiger partial charge on any atom is 0.156 e. The van der Waals surface area contributed by atoms with Crippen LogP contribution in [0.5, 0.6) is 0 Å². The molecule has 0 amide bonds. The van der Waals surface area contributed by atoms with Crippen molar-refractivity contribution in [1.29, 1.82) is 0 Å². The molecule has 1 aromatic carbocycles. The molecular formula is C15H24N2O2S. The summed E-state index contributed by atoms with van der Waals surface area (Å²) in [5, 5.41) is 3.37. The third kappa shape index (κ3) is 3.33. The number of para-hydroxylation sites is 1. The van der Waals surface area contributed by atoms with Gasteiger partial charge in [0.2, 0.25) is 0 Å². The van der Waals surface area contributed by atoms with Crippen LogP contribution in [-0.2, 0) is 16.4 Å². The van der Waals surface area contributed by atoms with Gasteiger partial charge in [-0.3, -0.25) is 0 Å². The van der Waals surface area contributed by atoms with E-state index in [0.29, 0.717) is 6.54 Å². The van der Waals surface area contributed by atoms with Gasteiger partial charge in [-0.15, -0.1) is 0 Å². The zero-order valence-electron chi connectivity index (χ0n) is 12.5. The van der Waals surface area contributed by atoms with E-state index in [2.05, 4.69) is 22.3 Å². The highest BCUT2D eigenvalue weighted by atomic mass is 32.2. The number of nitrogens with one attached hydrogen (secondary N) is 1. The largest absolute Gasteiger partial charge is 0.369 e. The van der Waals surface area contributed by atoms with Crippen molar-refractivity contribution < 1.29 is 8.42 Å². The summed E-state index contributed by atoms with van der Waals surface area (Å²) in [5.41, 5.74) is 2.39. The van der Waals surface area contributed by atoms with Gasteiger partial charge >= 0.3 is 0 Å². The fraction of sp³-hybridized carbons (Fsp3) is 0.600. The minimum absolute atomic E-state index is 0.199. The molecule has 1 heterocycles. The van der Waals surface area contributed by atoms with E-state index >= 15 is 0 Å². The van der Waals surface area contributed by atoms with Crippen molar-refractivity contribution in [2.24, 2.45) is 0 Å². The Labute approximate surface area is 122 Å². The summed E-state index contributed by atoms with van der Waals surface area (Å²) in [7, 11) is -3.07. The molecule has 20 heavy (non-hydrogen) atoms. The fourth-order valence-electron chi connectivity index (χ4n) is 2.30. The van der Waals surface area contributed by atoms with Gasteiger partial charge < -0.3 is 10.2 Å². The minimum Gasteiger partial charge on any atom is -0.369 e. The summed E-state index contributed by atoms with van der Waals surface area (Å²) in [4.78, 5) is 2.18. The van der Waals surface area contributed by atoms with E-state index in [-0.39, 0.29) is 5.75 Å². The number of anilines is 1. The maximum atomic E-state index is 12.3. The third-order valence-corrected chi connectivity index (χ3v) is 6.36. The fourth-order valence-corrected chi connectivity index (χ4v) is 3.37. The summed E-state index contributed by atoms with van der Waals surface area (Å²) in [6.45, 7) is 8.42. The van der Waals surface area contributed by atoms with Crippen molar-refractivity contribution >= 4 is 15.5 Å². The first-order chi connectivity index (χ1) is 9.31. The van der Waals surface area contributed by atoms with Crippen LogP contribution >= 0.6 is 0 Å². The monoisotopic (exact) mass is 296 g/mol. The lowest BCUT2D eigenvalue weighted by atomic mass is 10.1. The van der Waals surface area contributed by atoms with Gasteiger partial charge in [0.1, 0.15) is 0 Å². The van der Waals surface area contributed by atoms with Crippen molar-refractivity contribution in [1.82, 2.24) is 5.32 Å². The van der Waals surface area contributed by atoms with Gasteiger partial charge in [0.05, 0.1) is 10.5 Å². The van der Waals surface area contributed by atoms with E-state index in [4.69, 9.17) is 0 Å². The molecule has 1 aliphatic heterocycles. The molecule has 0 unspecified atom stereocenters. The van der Waals surface area contributed by atoms with Crippen LogP contribution in [0.4, 0.5) is 5.69 Å². The summed E-state index contributed by atoms with van der Waals surface area (Å²) in [5.74, 6) is 0.199. The van der Waals surface area contributed by atoms with Crippen LogP contribution in [0, 0.1) is 0 Å². The molecule has 0 radical (unpaired) electrons. The zero-order chi connectivity index (χ0) is 14.8. The molecule has 5 heteroatoms. The average molecular weight is 296 g/mol. The van der Waals surface area contributed by atoms with Crippen LogP contribution in [0.2, 0.25) is 0 Å². The molecule has 0 bridgehead atoms. The number of benzene rings is 1. The summed E-state index contributed by atoms with van der Waals surface area (Å²) in [6, 6.07) is 8.20. The number of nitrogens with zero attached hydrogens (tertiary/aromatic N) is 1. The first kappa shape index (κ1) is 15.3. The van der Waals surface area contributed by atoms with Crippen molar-refractivity contribution in [3.8, 4) is 0 Å². The van der Waals surface area contributed by atoms with Gasteiger partial charge in [-0.25, -0.2) is 8.42 Å². The van der Waals surface area contributed by atoms with Crippen LogP contribution in [0.3, 0.4) is 0 Å². The van der Waals surface area contributed by atoms with E-state index in [1.165, 1.54) is 5.56 Å². The van der Waals surface area contributed by atoms with Gasteiger partial charge in [-0.1, -0.05) is 18.2 Å². The SMILES string of the molecule is CC(C)(C)S(=O)(=O)CCN1CCNCc2ccccc21. The van der Waals surface area contributed by atoms with Crippen LogP contribution in [0.25, 0.3) is 0 Å². The molecule has 0 saturated heterocycles. The minimum atomic E-state index is -3.07. The van der Waals surface area contributed by atoms with Crippen LogP contribution < -0.4 is 10.2 Å². The first-order valence-electron chi connectivity index (χ1n) is 7.07. The maximum absolute atomic E-state index is 12.3. The Morgan fingerprint density at radius 1 is 1.25 bits per heavy atom. The Hall–Kier alpha value is -1.07. The van der Waals surface area contributed by atoms with Gasteiger partial charge in [0.15, 0.2) is 9.84 Å². The Morgan fingerprint density at radius 2 is 1.95 bits per heavy atom. The van der Waals surface area contributed by atoms with E-state index in [1.54, 1.807) is 20.8 Å². The van der Waals surface area contributed by atoms with Crippen molar-refractivity contribution in [3.63, 3.8) is 0 Å². The molecular weight excluding hydrogens is 272 g/mol. The Balaban J connectivity index is 2.14. The molecule has 1 N–H and O–H groups in total. The zero-order valence-corrected chi connectivity index (χ0v) is 13.3. The van der Waals surface area contributed by atoms with Gasteiger partial charge in [0, 0.05) is 31.9 Å². The molecule has 0 aromatic heterocycles. The van der Waals surface area contributed by atoms with Crippen LogP contribution in [0.15, 0.2) is 24.3 Å². The normalized spacial score (nSPS) is 16.6. The van der Waals surface area contributed by atoms with Gasteiger partial charge in [-0.05, 0) is 32.4 Å². The molecule has 1 aromatic rings. The van der Waals surface area contributed by atoms with Crippen molar-refractivity contribution in [2.45, 2.75) is 32.1 Å². The lowest BCUT2D eigenvalue weighted by Crippen LogP contribution is -2.38. The molecule has 0 saturated carbocycles. The first-order valence-corrected chi connectivity index (χ1v) is 8.72. The third-order valence-electron chi connectivity index (χ3n) is 3.77. The van der Waals surface area contributed by atoms with E-state index in [0.717, 1.165) is 25.3 Å². The van der Waals surface area contributed by atoms with E-state index in [9.17, 15) is 8.42 Å². The molecule has 0 atom stereocenters. The quantitative estimate of drug-likeness (QED) is 0.924. The molecule has 1 aliphatic rings. The lowest BCUT2D eigenvalue weighted by Gasteiger charge is -2.26. The Kier molecular flexibility index (Phi) is 4.39. The predicted molar refractivity (Wildman–Crippen MR) is 83.9 cm³/mol. The second kappa shape index (κ2) is 5.74. The number of fused-ring (bicyclic) bond motifs is 1. The predicted octanol–water partition coefficient (Wildman–Crippen LogP) is 1.81. The smallest absolute Gasteiger partial charge is 0.156 e. The average Bonchev–Trinajstić information content (AvgIpc) is 2.57. The standard InChI is InChI=1S/C15H24N2O2S/c1-15(2,3)20(18,19)11-10-17-9-8-16-12-13-6-4-5-7-14(13)17/h4-7,16H,8-12H2,1-3H3. The van der Waals surface area contributed by atoms with E-state index in [1.807, 2.05) is 12.1 Å². The highest BCUT2D eigenvalue weighted by Crippen LogP contribution is 2.23. The van der Waals surface area contributed by atoms with Crippen LogP contribution in [-0.4, -0.2) is 38.6 Å². The highest BCUT2D eigenvalue weighted by Gasteiger charge is 2.29. The summed E-state index contributed by atoms with van der Waals surface area (Å²) >= 11 is 0.